The number of thiophene rings is 1. The van der Waals surface area contributed by atoms with Gasteiger partial charge >= 0.3 is 0 Å². The number of aromatic nitrogens is 2. The van der Waals surface area contributed by atoms with E-state index in [2.05, 4.69) is 48.2 Å². The maximum Gasteiger partial charge on any atom is 0.262 e. The van der Waals surface area contributed by atoms with E-state index in [9.17, 15) is 14.4 Å². The number of fused-ring (bicyclic) bond motifs is 1. The van der Waals surface area contributed by atoms with Crippen LogP contribution < -0.4 is 16.2 Å². The molecular formula is C25H33N5O3S. The van der Waals surface area contributed by atoms with E-state index in [4.69, 9.17) is 0 Å². The lowest BCUT2D eigenvalue weighted by Crippen LogP contribution is -2.34. The van der Waals surface area contributed by atoms with Crippen LogP contribution in [-0.4, -0.2) is 52.4 Å². The van der Waals surface area contributed by atoms with Crippen LogP contribution in [0.1, 0.15) is 54.4 Å². The van der Waals surface area contributed by atoms with Crippen molar-refractivity contribution in [3.05, 3.63) is 57.0 Å². The molecule has 0 saturated carbocycles. The van der Waals surface area contributed by atoms with Gasteiger partial charge in [-0.1, -0.05) is 39.8 Å². The van der Waals surface area contributed by atoms with E-state index in [1.165, 1.54) is 27.8 Å². The minimum atomic E-state index is -0.328. The van der Waals surface area contributed by atoms with Gasteiger partial charge in [0.1, 0.15) is 11.4 Å². The number of nitrogens with zero attached hydrogens (tertiary/aromatic N) is 3. The Bertz CT molecular complexity index is 1210. The molecule has 0 atom stereocenters. The van der Waals surface area contributed by atoms with Crippen LogP contribution >= 0.6 is 11.3 Å². The second kappa shape index (κ2) is 11.4. The lowest BCUT2D eigenvalue weighted by atomic mass is 10.0. The van der Waals surface area contributed by atoms with Gasteiger partial charge in [0, 0.05) is 18.8 Å². The fourth-order valence-corrected chi connectivity index (χ4v) is 4.80. The molecule has 182 valence electrons. The third-order valence-corrected chi connectivity index (χ3v) is 7.11. The van der Waals surface area contributed by atoms with Crippen molar-refractivity contribution >= 4 is 39.1 Å². The second-order valence-corrected chi connectivity index (χ2v) is 9.52. The molecule has 0 bridgehead atoms. The average molecular weight is 484 g/mol. The topological polar surface area (TPSA) is 96.3 Å². The van der Waals surface area contributed by atoms with Crippen molar-refractivity contribution in [1.82, 2.24) is 19.8 Å². The number of nitrogens with one attached hydrogen (secondary N) is 2. The molecule has 9 heteroatoms. The van der Waals surface area contributed by atoms with E-state index in [0.717, 1.165) is 19.6 Å². The molecule has 0 unspecified atom stereocenters. The molecule has 0 aliphatic heterocycles. The van der Waals surface area contributed by atoms with Crippen molar-refractivity contribution in [2.24, 2.45) is 0 Å². The Balaban J connectivity index is 1.72. The highest BCUT2D eigenvalue weighted by Crippen LogP contribution is 2.26. The Kier molecular flexibility index (Phi) is 8.57. The van der Waals surface area contributed by atoms with Crippen LogP contribution in [0.4, 0.5) is 5.69 Å². The van der Waals surface area contributed by atoms with Crippen LogP contribution in [0, 0.1) is 6.92 Å². The van der Waals surface area contributed by atoms with Gasteiger partial charge in [0.15, 0.2) is 0 Å². The quantitative estimate of drug-likeness (QED) is 0.459. The first-order valence-electron chi connectivity index (χ1n) is 11.6. The number of amides is 2. The van der Waals surface area contributed by atoms with Crippen LogP contribution in [0.5, 0.6) is 0 Å². The summed E-state index contributed by atoms with van der Waals surface area (Å²) < 4.78 is 1.28. The van der Waals surface area contributed by atoms with E-state index in [1.54, 1.807) is 6.92 Å². The summed E-state index contributed by atoms with van der Waals surface area (Å²) in [6.45, 7) is 13.1. The summed E-state index contributed by atoms with van der Waals surface area (Å²) in [5.74, 6) is -0.117. The summed E-state index contributed by atoms with van der Waals surface area (Å²) in [7, 11) is 0. The first-order chi connectivity index (χ1) is 16.2. The Morgan fingerprint density at radius 2 is 1.82 bits per heavy atom. The standard InChI is InChI=1S/C25H33N5O3S/c1-6-29(7-2)13-12-26-23(32)22-17(5)21-24(34-22)27-15-30(25(21)33)14-20(31)28-19-10-8-18(9-11-19)16(3)4/h8-11,15-16H,6-7,12-14H2,1-5H3,(H,26,32)(H,28,31). The summed E-state index contributed by atoms with van der Waals surface area (Å²) in [5.41, 5.74) is 2.12. The molecule has 2 amide bonds. The van der Waals surface area contributed by atoms with Gasteiger partial charge < -0.3 is 15.5 Å². The summed E-state index contributed by atoms with van der Waals surface area (Å²) in [5, 5.41) is 6.14. The molecule has 3 rings (SSSR count). The number of benzene rings is 1. The zero-order chi connectivity index (χ0) is 24.8. The third kappa shape index (κ3) is 5.90. The Morgan fingerprint density at radius 3 is 2.44 bits per heavy atom. The van der Waals surface area contributed by atoms with Gasteiger partial charge in [-0.25, -0.2) is 4.98 Å². The third-order valence-electron chi connectivity index (χ3n) is 5.91. The SMILES string of the molecule is CCN(CC)CCNC(=O)c1sc2ncn(CC(=O)Nc3ccc(C(C)C)cc3)c(=O)c2c1C. The van der Waals surface area contributed by atoms with Crippen LogP contribution in [0.2, 0.25) is 0 Å². The summed E-state index contributed by atoms with van der Waals surface area (Å²) in [4.78, 5) is 45.9. The molecule has 2 heterocycles. The predicted molar refractivity (Wildman–Crippen MR) is 138 cm³/mol. The summed E-state index contributed by atoms with van der Waals surface area (Å²) >= 11 is 1.20. The molecular weight excluding hydrogens is 450 g/mol. The van der Waals surface area contributed by atoms with Crippen LogP contribution in [-0.2, 0) is 11.3 Å². The van der Waals surface area contributed by atoms with Gasteiger partial charge in [0.25, 0.3) is 11.5 Å². The summed E-state index contributed by atoms with van der Waals surface area (Å²) in [6.07, 6.45) is 1.37. The number of aryl methyl sites for hydroxylation is 1. The molecule has 8 nitrogen and oxygen atoms in total. The molecule has 0 radical (unpaired) electrons. The lowest BCUT2D eigenvalue weighted by Gasteiger charge is -2.17. The van der Waals surface area contributed by atoms with Gasteiger partial charge in [-0.2, -0.15) is 0 Å². The zero-order valence-electron chi connectivity index (χ0n) is 20.5. The van der Waals surface area contributed by atoms with Crippen molar-refractivity contribution in [2.45, 2.75) is 47.1 Å². The number of hydrogen-bond acceptors (Lipinski definition) is 6. The number of likely N-dealkylation sites (N-methyl/N-ethyl adjacent to an activating group) is 1. The largest absolute Gasteiger partial charge is 0.350 e. The molecule has 0 aliphatic carbocycles. The minimum Gasteiger partial charge on any atom is -0.350 e. The molecule has 1 aromatic carbocycles. The van der Waals surface area contributed by atoms with Crippen LogP contribution in [0.3, 0.4) is 0 Å². The highest BCUT2D eigenvalue weighted by molar-refractivity contribution is 7.20. The van der Waals surface area contributed by atoms with E-state index in [0.29, 0.717) is 38.8 Å². The molecule has 2 N–H and O–H groups in total. The highest BCUT2D eigenvalue weighted by atomic mass is 32.1. The lowest BCUT2D eigenvalue weighted by molar-refractivity contribution is -0.116. The first kappa shape index (κ1) is 25.6. The number of hydrogen-bond donors (Lipinski definition) is 2. The maximum absolute atomic E-state index is 13.1. The van der Waals surface area contributed by atoms with Crippen molar-refractivity contribution in [3.8, 4) is 0 Å². The molecule has 0 spiro atoms. The van der Waals surface area contributed by atoms with Gasteiger partial charge in [-0.3, -0.25) is 19.0 Å². The van der Waals surface area contributed by atoms with Crippen molar-refractivity contribution in [2.75, 3.05) is 31.5 Å². The fourth-order valence-electron chi connectivity index (χ4n) is 3.74. The Labute approximate surface area is 204 Å². The van der Waals surface area contributed by atoms with E-state index in [1.807, 2.05) is 24.3 Å². The van der Waals surface area contributed by atoms with E-state index >= 15 is 0 Å². The van der Waals surface area contributed by atoms with E-state index < -0.39 is 0 Å². The second-order valence-electron chi connectivity index (χ2n) is 8.52. The molecule has 3 aromatic rings. The Hall–Kier alpha value is -3.04. The predicted octanol–water partition coefficient (Wildman–Crippen LogP) is 3.60. The number of carbonyl (C=O) groups excluding carboxylic acids is 2. The van der Waals surface area contributed by atoms with Crippen molar-refractivity contribution in [1.29, 1.82) is 0 Å². The number of anilines is 1. The summed E-state index contributed by atoms with van der Waals surface area (Å²) in [6, 6.07) is 7.66. The highest BCUT2D eigenvalue weighted by Gasteiger charge is 2.20. The van der Waals surface area contributed by atoms with Gasteiger partial charge in [0.2, 0.25) is 5.91 Å². The minimum absolute atomic E-state index is 0.158. The monoisotopic (exact) mass is 483 g/mol. The van der Waals surface area contributed by atoms with Crippen LogP contribution in [0.25, 0.3) is 10.2 Å². The van der Waals surface area contributed by atoms with Crippen molar-refractivity contribution < 1.29 is 9.59 Å². The van der Waals surface area contributed by atoms with Crippen LogP contribution in [0.15, 0.2) is 35.4 Å². The van der Waals surface area contributed by atoms with Gasteiger partial charge in [0.05, 0.1) is 16.6 Å². The zero-order valence-corrected chi connectivity index (χ0v) is 21.3. The Morgan fingerprint density at radius 1 is 1.15 bits per heavy atom. The van der Waals surface area contributed by atoms with Gasteiger partial charge in [-0.05, 0) is 49.2 Å². The molecule has 2 aromatic heterocycles. The molecule has 34 heavy (non-hydrogen) atoms. The maximum atomic E-state index is 13.1. The van der Waals surface area contributed by atoms with Gasteiger partial charge in [-0.15, -0.1) is 11.3 Å². The smallest absolute Gasteiger partial charge is 0.262 e. The number of rotatable bonds is 10. The first-order valence-corrected chi connectivity index (χ1v) is 12.5. The molecule has 0 aliphatic rings. The normalized spacial score (nSPS) is 11.4. The van der Waals surface area contributed by atoms with Crippen molar-refractivity contribution in [3.63, 3.8) is 0 Å². The molecule has 0 fully saturated rings. The van der Waals surface area contributed by atoms with E-state index in [-0.39, 0.29) is 23.9 Å². The molecule has 0 saturated heterocycles. The number of carbonyl (C=O) groups is 2. The fraction of sp³-hybridized carbons (Fsp3) is 0.440. The average Bonchev–Trinajstić information content (AvgIpc) is 3.16.